The van der Waals surface area contributed by atoms with Crippen LogP contribution in [0.1, 0.15) is 65.2 Å². The Morgan fingerprint density at radius 3 is 1.83 bits per heavy atom. The maximum atomic E-state index is 2.41. The van der Waals surface area contributed by atoms with E-state index in [1.807, 2.05) is 0 Å². The quantitative estimate of drug-likeness (QED) is 0.588. The fourth-order valence-corrected chi connectivity index (χ4v) is 3.54. The molecule has 0 aromatic carbocycles. The van der Waals surface area contributed by atoms with Gasteiger partial charge in [-0.1, -0.05) is 26.7 Å². The molecule has 2 saturated carbocycles. The molecule has 70 valence electrons. The molecule has 2 aliphatic rings. The van der Waals surface area contributed by atoms with E-state index in [4.69, 9.17) is 0 Å². The van der Waals surface area contributed by atoms with Crippen LogP contribution < -0.4 is 0 Å². The van der Waals surface area contributed by atoms with Gasteiger partial charge in [0, 0.05) is 0 Å². The van der Waals surface area contributed by atoms with E-state index in [0.717, 1.165) is 10.8 Å². The first-order valence-electron chi connectivity index (χ1n) is 5.79. The molecule has 0 spiro atoms. The van der Waals surface area contributed by atoms with Crippen molar-refractivity contribution < 1.29 is 0 Å². The van der Waals surface area contributed by atoms with Gasteiger partial charge in [0.25, 0.3) is 0 Å². The van der Waals surface area contributed by atoms with Gasteiger partial charge in [-0.2, -0.15) is 0 Å². The first-order chi connectivity index (χ1) is 5.79. The lowest BCUT2D eigenvalue weighted by Gasteiger charge is -2.49. The topological polar surface area (TPSA) is 0 Å². The number of rotatable bonds is 4. The second kappa shape index (κ2) is 2.75. The number of hydrogen-bond acceptors (Lipinski definition) is 0. The van der Waals surface area contributed by atoms with Crippen LogP contribution in [0.15, 0.2) is 0 Å². The summed E-state index contributed by atoms with van der Waals surface area (Å²) in [5.41, 5.74) is 1.66. The average Bonchev–Trinajstić information content (AvgIpc) is 2.77. The summed E-state index contributed by atoms with van der Waals surface area (Å²) >= 11 is 0. The van der Waals surface area contributed by atoms with E-state index in [-0.39, 0.29) is 0 Å². The molecule has 0 nitrogen and oxygen atoms in total. The summed E-state index contributed by atoms with van der Waals surface area (Å²) in [6, 6.07) is 0. The highest BCUT2D eigenvalue weighted by Crippen LogP contribution is 2.70. The Balaban J connectivity index is 2.06. The van der Waals surface area contributed by atoms with E-state index >= 15 is 0 Å². The molecule has 2 rings (SSSR count). The third-order valence-corrected chi connectivity index (χ3v) is 4.69. The molecule has 0 N–H and O–H groups in total. The molecule has 0 unspecified atom stereocenters. The van der Waals surface area contributed by atoms with Gasteiger partial charge < -0.3 is 0 Å². The molecule has 0 radical (unpaired) electrons. The first kappa shape index (κ1) is 8.59. The monoisotopic (exact) mass is 166 g/mol. The van der Waals surface area contributed by atoms with E-state index in [1.54, 1.807) is 25.7 Å². The van der Waals surface area contributed by atoms with Crippen LogP contribution in [0.5, 0.6) is 0 Å². The van der Waals surface area contributed by atoms with Crippen LogP contribution in [0, 0.1) is 10.8 Å². The van der Waals surface area contributed by atoms with Crippen molar-refractivity contribution in [1.29, 1.82) is 0 Å². The van der Waals surface area contributed by atoms with E-state index in [1.165, 1.54) is 25.7 Å². The lowest BCUT2D eigenvalue weighted by molar-refractivity contribution is 0.0165. The molecule has 0 aromatic heterocycles. The Kier molecular flexibility index (Phi) is 1.97. The zero-order valence-corrected chi connectivity index (χ0v) is 8.66. The normalized spacial score (nSPS) is 29.5. The van der Waals surface area contributed by atoms with Gasteiger partial charge in [-0.05, 0) is 49.4 Å². The molecule has 2 aliphatic carbocycles. The minimum atomic E-state index is 0.830. The lowest BCUT2D eigenvalue weighted by Crippen LogP contribution is -2.38. The fourth-order valence-electron chi connectivity index (χ4n) is 3.54. The second-order valence-electron chi connectivity index (χ2n) is 5.02. The average molecular weight is 166 g/mol. The zero-order valence-electron chi connectivity index (χ0n) is 8.66. The maximum absolute atomic E-state index is 2.41. The summed E-state index contributed by atoms with van der Waals surface area (Å²) in [4.78, 5) is 0. The Labute approximate surface area is 76.7 Å². The lowest BCUT2D eigenvalue weighted by atomic mass is 9.56. The Hall–Kier alpha value is 0. The van der Waals surface area contributed by atoms with E-state index in [9.17, 15) is 0 Å². The largest absolute Gasteiger partial charge is 0.0654 e. The van der Waals surface area contributed by atoms with Crippen molar-refractivity contribution in [2.24, 2.45) is 10.8 Å². The minimum absolute atomic E-state index is 0.830. The van der Waals surface area contributed by atoms with Crippen LogP contribution in [0.2, 0.25) is 0 Å². The third kappa shape index (κ3) is 0.963. The van der Waals surface area contributed by atoms with Crippen LogP contribution in [0.4, 0.5) is 0 Å². The minimum Gasteiger partial charge on any atom is -0.0654 e. The van der Waals surface area contributed by atoms with Crippen LogP contribution in [0.25, 0.3) is 0 Å². The molecule has 0 aliphatic heterocycles. The van der Waals surface area contributed by atoms with Crippen LogP contribution in [0.3, 0.4) is 0 Å². The summed E-state index contributed by atoms with van der Waals surface area (Å²) in [6.07, 6.45) is 12.1. The van der Waals surface area contributed by atoms with Crippen molar-refractivity contribution in [3.05, 3.63) is 0 Å². The highest BCUT2D eigenvalue weighted by molar-refractivity contribution is 5.09. The summed E-state index contributed by atoms with van der Waals surface area (Å²) in [6.45, 7) is 4.76. The smallest absolute Gasteiger partial charge is 0.0241 e. The Morgan fingerprint density at radius 2 is 1.58 bits per heavy atom. The van der Waals surface area contributed by atoms with Crippen molar-refractivity contribution in [3.8, 4) is 0 Å². The van der Waals surface area contributed by atoms with Gasteiger partial charge >= 0.3 is 0 Å². The molecule has 0 bridgehead atoms. The van der Waals surface area contributed by atoms with E-state index in [2.05, 4.69) is 13.8 Å². The van der Waals surface area contributed by atoms with Crippen LogP contribution in [-0.2, 0) is 0 Å². The zero-order chi connectivity index (χ0) is 8.66. The molecule has 2 fully saturated rings. The highest BCUT2D eigenvalue weighted by atomic mass is 14.6. The molecule has 0 heterocycles. The standard InChI is InChI=1S/C12H22/c1-3-6-12(7-5-8-12)11(4-2)9-10-11/h3-10H2,1-2H3. The van der Waals surface area contributed by atoms with Gasteiger partial charge in [0.05, 0.1) is 0 Å². The SMILES string of the molecule is CCCC1(C2(CC)CC2)CCC1. The molecule has 0 amide bonds. The van der Waals surface area contributed by atoms with Crippen molar-refractivity contribution >= 4 is 0 Å². The predicted molar refractivity (Wildman–Crippen MR) is 53.2 cm³/mol. The molecular formula is C12H22. The first-order valence-corrected chi connectivity index (χ1v) is 5.79. The molecule has 0 saturated heterocycles. The summed E-state index contributed by atoms with van der Waals surface area (Å²) in [7, 11) is 0. The molecule has 12 heavy (non-hydrogen) atoms. The third-order valence-electron chi connectivity index (χ3n) is 4.69. The highest BCUT2D eigenvalue weighted by Gasteiger charge is 2.59. The fraction of sp³-hybridized carbons (Fsp3) is 1.00. The molecule has 0 aromatic rings. The maximum Gasteiger partial charge on any atom is -0.0241 e. The van der Waals surface area contributed by atoms with Crippen molar-refractivity contribution in [2.45, 2.75) is 65.2 Å². The van der Waals surface area contributed by atoms with Crippen molar-refractivity contribution in [2.75, 3.05) is 0 Å². The summed E-state index contributed by atoms with van der Waals surface area (Å²) < 4.78 is 0. The molecule has 0 heteroatoms. The number of hydrogen-bond donors (Lipinski definition) is 0. The summed E-state index contributed by atoms with van der Waals surface area (Å²) in [5.74, 6) is 0. The summed E-state index contributed by atoms with van der Waals surface area (Å²) in [5, 5.41) is 0. The van der Waals surface area contributed by atoms with Gasteiger partial charge in [0.2, 0.25) is 0 Å². The van der Waals surface area contributed by atoms with Crippen molar-refractivity contribution in [1.82, 2.24) is 0 Å². The molecule has 0 atom stereocenters. The van der Waals surface area contributed by atoms with E-state index < -0.39 is 0 Å². The van der Waals surface area contributed by atoms with Gasteiger partial charge in [-0.25, -0.2) is 0 Å². The van der Waals surface area contributed by atoms with Gasteiger partial charge in [-0.15, -0.1) is 0 Å². The van der Waals surface area contributed by atoms with Gasteiger partial charge in [0.1, 0.15) is 0 Å². The second-order valence-corrected chi connectivity index (χ2v) is 5.02. The van der Waals surface area contributed by atoms with Gasteiger partial charge in [-0.3, -0.25) is 0 Å². The van der Waals surface area contributed by atoms with Crippen molar-refractivity contribution in [3.63, 3.8) is 0 Å². The Bertz CT molecular complexity index is 161. The Morgan fingerprint density at radius 1 is 0.917 bits per heavy atom. The molecular weight excluding hydrogens is 144 g/mol. The van der Waals surface area contributed by atoms with Gasteiger partial charge in [0.15, 0.2) is 0 Å². The predicted octanol–water partition coefficient (Wildman–Crippen LogP) is 4.15. The van der Waals surface area contributed by atoms with E-state index in [0.29, 0.717) is 0 Å². The van der Waals surface area contributed by atoms with Crippen LogP contribution >= 0.6 is 0 Å². The van der Waals surface area contributed by atoms with Crippen LogP contribution in [-0.4, -0.2) is 0 Å².